The summed E-state index contributed by atoms with van der Waals surface area (Å²) in [4.78, 5) is 18.4. The minimum Gasteiger partial charge on any atom is -0.493 e. The Balaban J connectivity index is 1.24. The molecule has 4 aromatic rings. The van der Waals surface area contributed by atoms with Gasteiger partial charge in [0.1, 0.15) is 41.9 Å². The maximum absolute atomic E-state index is 13.9. The van der Waals surface area contributed by atoms with Crippen molar-refractivity contribution in [3.63, 3.8) is 0 Å². The van der Waals surface area contributed by atoms with Gasteiger partial charge in [-0.2, -0.15) is 0 Å². The van der Waals surface area contributed by atoms with Crippen LogP contribution < -0.4 is 14.2 Å². The summed E-state index contributed by atoms with van der Waals surface area (Å²) in [5.41, 5.74) is 0.963. The first kappa shape index (κ1) is 27.5. The Morgan fingerprint density at radius 2 is 1.84 bits per heavy atom. The Kier molecular flexibility index (Phi) is 6.69. The molecular formula is C33H33FN4O5. The second-order valence-corrected chi connectivity index (χ2v) is 12.0. The van der Waals surface area contributed by atoms with Crippen molar-refractivity contribution in [1.82, 2.24) is 19.7 Å². The van der Waals surface area contributed by atoms with E-state index in [2.05, 4.69) is 10.2 Å². The van der Waals surface area contributed by atoms with Crippen LogP contribution in [-0.4, -0.2) is 50.5 Å². The van der Waals surface area contributed by atoms with E-state index in [1.807, 2.05) is 17.6 Å². The van der Waals surface area contributed by atoms with Gasteiger partial charge in [0.05, 0.1) is 18.9 Å². The molecule has 2 saturated carbocycles. The number of carbonyl (C=O) groups is 1. The van der Waals surface area contributed by atoms with Crippen LogP contribution in [0, 0.1) is 11.7 Å². The fraction of sp³-hybridized carbons (Fsp3) is 0.394. The lowest BCUT2D eigenvalue weighted by atomic mass is 9.83. The second kappa shape index (κ2) is 10.4. The second-order valence-electron chi connectivity index (χ2n) is 12.0. The van der Waals surface area contributed by atoms with Crippen LogP contribution in [0.4, 0.5) is 4.39 Å². The number of fused-ring (bicyclic) bond motifs is 1. The summed E-state index contributed by atoms with van der Waals surface area (Å²) >= 11 is 0. The Morgan fingerprint density at radius 3 is 2.51 bits per heavy atom. The summed E-state index contributed by atoms with van der Waals surface area (Å²) in [5.74, 6) is 1.22. The average Bonchev–Trinajstić information content (AvgIpc) is 3.95. The quantitative estimate of drug-likeness (QED) is 0.232. The summed E-state index contributed by atoms with van der Waals surface area (Å²) in [5, 5.41) is 20.3. The Hall–Kier alpha value is -4.31. The lowest BCUT2D eigenvalue weighted by Gasteiger charge is -2.30. The Bertz CT molecular complexity index is 1670. The van der Waals surface area contributed by atoms with Gasteiger partial charge in [0.2, 0.25) is 0 Å². The van der Waals surface area contributed by atoms with Gasteiger partial charge in [-0.1, -0.05) is 0 Å². The smallest absolute Gasteiger partial charge is 0.163 e. The molecule has 43 heavy (non-hydrogen) atoms. The summed E-state index contributed by atoms with van der Waals surface area (Å²) in [7, 11) is 1.56. The number of carbonyl (C=O) groups excluding carboxylic acids is 1. The Labute approximate surface area is 248 Å². The third-order valence-electron chi connectivity index (χ3n) is 8.89. The first-order valence-electron chi connectivity index (χ1n) is 14.7. The van der Waals surface area contributed by atoms with Crippen LogP contribution in [0.5, 0.6) is 17.2 Å². The molecule has 0 radical (unpaired) electrons. The van der Waals surface area contributed by atoms with E-state index in [0.717, 1.165) is 31.2 Å². The summed E-state index contributed by atoms with van der Waals surface area (Å²) < 4.78 is 33.4. The number of ketones is 1. The molecule has 2 atom stereocenters. The first-order chi connectivity index (χ1) is 20.8. The molecule has 0 unspecified atom stereocenters. The van der Waals surface area contributed by atoms with Crippen LogP contribution in [0.3, 0.4) is 0 Å². The number of ether oxygens (including phenoxy) is 3. The molecule has 9 nitrogen and oxygen atoms in total. The maximum atomic E-state index is 13.9. The van der Waals surface area contributed by atoms with E-state index < -0.39 is 11.1 Å². The molecule has 0 spiro atoms. The zero-order valence-electron chi connectivity index (χ0n) is 24.1. The van der Waals surface area contributed by atoms with Gasteiger partial charge in [-0.25, -0.2) is 9.37 Å². The number of nitrogens with zero attached hydrogens (tertiary/aromatic N) is 4. The number of hydrogen-bond acceptors (Lipinski definition) is 8. The third kappa shape index (κ3) is 5.03. The van der Waals surface area contributed by atoms with Crippen molar-refractivity contribution in [3.8, 4) is 28.5 Å². The molecule has 2 aromatic carbocycles. The van der Waals surface area contributed by atoms with Crippen molar-refractivity contribution in [2.45, 2.75) is 62.7 Å². The lowest BCUT2D eigenvalue weighted by Crippen LogP contribution is -2.34. The normalized spacial score (nSPS) is 20.7. The fourth-order valence-corrected chi connectivity index (χ4v) is 5.92. The highest BCUT2D eigenvalue weighted by molar-refractivity contribution is 5.96. The standard InChI is InChI=1S/C33H33FN4O5/c1-32(38-18-35-36-19-38)17-42-31-25(32)16-29(37-30(31)20-3-8-23(34)9-4-20)33(40,22-6-7-22)14-13-26(39)21-5-12-27(28(15-21)41-2)43-24-10-11-24/h3-5,8-9,12,15-16,18-19,22,24,40H,6-7,10-11,13-14,17H2,1-2H3/t32-,33+/m0/s1. The number of aliphatic hydroxyl groups is 1. The highest BCUT2D eigenvalue weighted by Gasteiger charge is 2.49. The van der Waals surface area contributed by atoms with Gasteiger partial charge >= 0.3 is 0 Å². The molecule has 2 aromatic heterocycles. The molecule has 10 heteroatoms. The molecular weight excluding hydrogens is 551 g/mol. The van der Waals surface area contributed by atoms with Crippen LogP contribution in [0.25, 0.3) is 11.3 Å². The number of benzene rings is 2. The molecule has 222 valence electrons. The minimum absolute atomic E-state index is 0.0424. The average molecular weight is 585 g/mol. The summed E-state index contributed by atoms with van der Waals surface area (Å²) in [6, 6.07) is 13.2. The molecule has 3 aliphatic rings. The first-order valence-corrected chi connectivity index (χ1v) is 14.7. The molecule has 0 amide bonds. The predicted molar refractivity (Wildman–Crippen MR) is 155 cm³/mol. The number of methoxy groups -OCH3 is 1. The van der Waals surface area contributed by atoms with Gasteiger partial charge in [0, 0.05) is 23.1 Å². The van der Waals surface area contributed by atoms with Gasteiger partial charge in [0.15, 0.2) is 23.0 Å². The van der Waals surface area contributed by atoms with Gasteiger partial charge in [0.25, 0.3) is 0 Å². The maximum Gasteiger partial charge on any atom is 0.163 e. The van der Waals surface area contributed by atoms with Crippen LogP contribution in [0.2, 0.25) is 0 Å². The van der Waals surface area contributed by atoms with Crippen LogP contribution in [-0.2, 0) is 11.1 Å². The van der Waals surface area contributed by atoms with Crippen molar-refractivity contribution in [2.75, 3.05) is 13.7 Å². The molecule has 2 aliphatic carbocycles. The zero-order chi connectivity index (χ0) is 29.8. The number of halogens is 1. The van der Waals surface area contributed by atoms with E-state index in [-0.39, 0.29) is 36.5 Å². The number of Topliss-reactive ketones (excluding diaryl/α,β-unsaturated/α-hetero) is 1. The number of aromatic nitrogens is 4. The van der Waals surface area contributed by atoms with Crippen LogP contribution in [0.15, 0.2) is 61.2 Å². The van der Waals surface area contributed by atoms with E-state index in [4.69, 9.17) is 19.2 Å². The highest BCUT2D eigenvalue weighted by atomic mass is 19.1. The van der Waals surface area contributed by atoms with E-state index in [0.29, 0.717) is 46.4 Å². The van der Waals surface area contributed by atoms with Crippen molar-refractivity contribution in [2.24, 2.45) is 5.92 Å². The monoisotopic (exact) mass is 584 g/mol. The number of hydrogen-bond donors (Lipinski definition) is 1. The van der Waals surface area contributed by atoms with Crippen molar-refractivity contribution < 1.29 is 28.5 Å². The van der Waals surface area contributed by atoms with Crippen molar-refractivity contribution in [1.29, 1.82) is 0 Å². The molecule has 1 aliphatic heterocycles. The lowest BCUT2D eigenvalue weighted by molar-refractivity contribution is -0.00118. The summed E-state index contributed by atoms with van der Waals surface area (Å²) in [6.07, 6.45) is 7.49. The number of rotatable bonds is 11. The Morgan fingerprint density at radius 1 is 1.09 bits per heavy atom. The van der Waals surface area contributed by atoms with Crippen LogP contribution in [0.1, 0.15) is 67.1 Å². The third-order valence-corrected chi connectivity index (χ3v) is 8.89. The predicted octanol–water partition coefficient (Wildman–Crippen LogP) is 5.45. The van der Waals surface area contributed by atoms with Crippen molar-refractivity contribution >= 4 is 5.78 Å². The van der Waals surface area contributed by atoms with Gasteiger partial charge in [-0.3, -0.25) is 4.79 Å². The van der Waals surface area contributed by atoms with E-state index in [9.17, 15) is 14.3 Å². The van der Waals surface area contributed by atoms with Crippen molar-refractivity contribution in [3.05, 3.63) is 83.8 Å². The zero-order valence-corrected chi connectivity index (χ0v) is 24.1. The van der Waals surface area contributed by atoms with Gasteiger partial charge in [-0.05, 0) is 93.5 Å². The highest BCUT2D eigenvalue weighted by Crippen LogP contribution is 2.52. The SMILES string of the molecule is COc1cc(C(=O)CC[C@](O)(c2cc3c(c(-c4ccc(F)cc4)n2)OC[C@]3(C)n2cnnc2)C2CC2)ccc1OC1CC1. The van der Waals surface area contributed by atoms with Crippen LogP contribution >= 0.6 is 0 Å². The molecule has 0 bridgehead atoms. The molecule has 1 N–H and O–H groups in total. The van der Waals surface area contributed by atoms with E-state index in [1.54, 1.807) is 50.1 Å². The topological polar surface area (TPSA) is 109 Å². The summed E-state index contributed by atoms with van der Waals surface area (Å²) in [6.45, 7) is 2.33. The number of pyridine rings is 1. The minimum atomic E-state index is -1.35. The van der Waals surface area contributed by atoms with Gasteiger partial charge < -0.3 is 23.9 Å². The van der Waals surface area contributed by atoms with E-state index in [1.165, 1.54) is 12.1 Å². The molecule has 3 heterocycles. The molecule has 0 saturated heterocycles. The molecule has 7 rings (SSSR count). The van der Waals surface area contributed by atoms with E-state index >= 15 is 0 Å². The van der Waals surface area contributed by atoms with Gasteiger partial charge in [-0.15, -0.1) is 10.2 Å². The fourth-order valence-electron chi connectivity index (χ4n) is 5.92. The molecule has 2 fully saturated rings. The largest absolute Gasteiger partial charge is 0.493 e.